The number of likely N-dealkylation sites (tertiary alicyclic amines) is 1. The summed E-state index contributed by atoms with van der Waals surface area (Å²) in [4.78, 5) is 13.7. The van der Waals surface area contributed by atoms with Gasteiger partial charge in [-0.05, 0) is 39.5 Å². The number of aliphatic carboxylic acids is 1. The highest BCUT2D eigenvalue weighted by Crippen LogP contribution is 2.32. The van der Waals surface area contributed by atoms with Crippen molar-refractivity contribution in [2.24, 2.45) is 5.41 Å². The van der Waals surface area contributed by atoms with Gasteiger partial charge in [-0.15, -0.1) is 0 Å². The summed E-state index contributed by atoms with van der Waals surface area (Å²) in [5.41, 5.74) is -0.591. The minimum absolute atomic E-state index is 0.537. The van der Waals surface area contributed by atoms with Gasteiger partial charge >= 0.3 is 5.97 Å². The molecule has 1 N–H and O–H groups in total. The van der Waals surface area contributed by atoms with Crippen molar-refractivity contribution in [1.82, 2.24) is 4.90 Å². The van der Waals surface area contributed by atoms with Crippen molar-refractivity contribution in [1.29, 1.82) is 0 Å². The van der Waals surface area contributed by atoms with Gasteiger partial charge in [0, 0.05) is 18.6 Å². The molecular weight excluding hydrogens is 202 g/mol. The molecular formula is C13H25NO2. The predicted molar refractivity (Wildman–Crippen MR) is 65.5 cm³/mol. The van der Waals surface area contributed by atoms with Crippen molar-refractivity contribution in [2.75, 3.05) is 6.54 Å². The minimum Gasteiger partial charge on any atom is -0.481 e. The van der Waals surface area contributed by atoms with Gasteiger partial charge in [-0.25, -0.2) is 0 Å². The molecule has 0 aromatic rings. The van der Waals surface area contributed by atoms with Gasteiger partial charge in [0.25, 0.3) is 0 Å². The largest absolute Gasteiger partial charge is 0.481 e. The molecule has 1 rings (SSSR count). The summed E-state index contributed by atoms with van der Waals surface area (Å²) in [7, 11) is 0. The van der Waals surface area contributed by atoms with Gasteiger partial charge in [-0.2, -0.15) is 0 Å². The number of hydrogen-bond acceptors (Lipinski definition) is 2. The fourth-order valence-electron chi connectivity index (χ4n) is 2.58. The Kier molecular flexibility index (Phi) is 4.36. The Morgan fingerprint density at radius 3 is 2.50 bits per heavy atom. The lowest BCUT2D eigenvalue weighted by Crippen LogP contribution is -2.45. The third-order valence-electron chi connectivity index (χ3n) is 4.25. The average Bonchev–Trinajstić information content (AvgIpc) is 2.59. The Bertz CT molecular complexity index is 254. The van der Waals surface area contributed by atoms with E-state index in [-0.39, 0.29) is 0 Å². The van der Waals surface area contributed by atoms with Crippen LogP contribution in [-0.2, 0) is 4.79 Å². The van der Waals surface area contributed by atoms with E-state index in [2.05, 4.69) is 18.7 Å². The molecule has 0 amide bonds. The summed E-state index contributed by atoms with van der Waals surface area (Å²) in [6.07, 6.45) is 4.25. The van der Waals surface area contributed by atoms with Crippen LogP contribution < -0.4 is 0 Å². The Labute approximate surface area is 98.8 Å². The lowest BCUT2D eigenvalue weighted by atomic mass is 9.86. The van der Waals surface area contributed by atoms with Gasteiger partial charge in [0.05, 0.1) is 5.41 Å². The van der Waals surface area contributed by atoms with E-state index in [9.17, 15) is 9.90 Å². The molecule has 16 heavy (non-hydrogen) atoms. The molecule has 0 bridgehead atoms. The van der Waals surface area contributed by atoms with E-state index >= 15 is 0 Å². The second-order valence-electron chi connectivity index (χ2n) is 5.38. The Hall–Kier alpha value is -0.570. The van der Waals surface area contributed by atoms with Crippen LogP contribution in [-0.4, -0.2) is 34.6 Å². The predicted octanol–water partition coefficient (Wildman–Crippen LogP) is 2.75. The Morgan fingerprint density at radius 2 is 2.06 bits per heavy atom. The lowest BCUT2D eigenvalue weighted by molar-refractivity contribution is -0.149. The zero-order chi connectivity index (χ0) is 12.3. The lowest BCUT2D eigenvalue weighted by Gasteiger charge is -2.35. The normalized spacial score (nSPS) is 30.2. The molecule has 3 atom stereocenters. The van der Waals surface area contributed by atoms with E-state index in [1.54, 1.807) is 0 Å². The van der Waals surface area contributed by atoms with Gasteiger partial charge in [0.2, 0.25) is 0 Å². The van der Waals surface area contributed by atoms with E-state index in [1.807, 2.05) is 13.8 Å². The van der Waals surface area contributed by atoms with Crippen molar-refractivity contribution in [3.8, 4) is 0 Å². The molecule has 0 spiro atoms. The summed E-state index contributed by atoms with van der Waals surface area (Å²) in [6.45, 7) is 8.94. The molecule has 0 aliphatic carbocycles. The van der Waals surface area contributed by atoms with E-state index in [4.69, 9.17) is 0 Å². The maximum atomic E-state index is 11.3. The molecule has 1 aliphatic rings. The summed E-state index contributed by atoms with van der Waals surface area (Å²) in [5.74, 6) is -0.663. The van der Waals surface area contributed by atoms with Crippen LogP contribution in [0, 0.1) is 5.41 Å². The third kappa shape index (κ3) is 2.57. The summed E-state index contributed by atoms with van der Waals surface area (Å²) >= 11 is 0. The highest BCUT2D eigenvalue weighted by molar-refractivity contribution is 5.74. The number of carbonyl (C=O) groups is 1. The molecule has 1 aliphatic heterocycles. The first-order chi connectivity index (χ1) is 7.44. The van der Waals surface area contributed by atoms with Crippen LogP contribution in [0.1, 0.15) is 53.4 Å². The molecule has 3 unspecified atom stereocenters. The standard InChI is InChI=1S/C13H25NO2/c1-5-11-8-7-10(3)14(11)9-13(4,6-2)12(15)16/h10-11H,5-9H2,1-4H3,(H,15,16). The molecule has 3 nitrogen and oxygen atoms in total. The monoisotopic (exact) mass is 227 g/mol. The molecule has 0 aromatic heterocycles. The molecule has 0 radical (unpaired) electrons. The number of carboxylic acid groups (broad SMARTS) is 1. The Balaban J connectivity index is 2.73. The first-order valence-corrected chi connectivity index (χ1v) is 6.43. The van der Waals surface area contributed by atoms with Gasteiger partial charge < -0.3 is 5.11 Å². The van der Waals surface area contributed by atoms with E-state index < -0.39 is 11.4 Å². The van der Waals surface area contributed by atoms with E-state index in [0.29, 0.717) is 25.0 Å². The van der Waals surface area contributed by atoms with Crippen LogP contribution >= 0.6 is 0 Å². The highest BCUT2D eigenvalue weighted by Gasteiger charge is 2.38. The number of nitrogens with zero attached hydrogens (tertiary/aromatic N) is 1. The second kappa shape index (κ2) is 5.17. The molecule has 1 fully saturated rings. The molecule has 0 saturated carbocycles. The van der Waals surface area contributed by atoms with Crippen LogP contribution in [0.15, 0.2) is 0 Å². The molecule has 1 heterocycles. The number of rotatable bonds is 5. The summed E-state index contributed by atoms with van der Waals surface area (Å²) < 4.78 is 0. The summed E-state index contributed by atoms with van der Waals surface area (Å²) in [5, 5.41) is 9.31. The van der Waals surface area contributed by atoms with Crippen LogP contribution in [0.2, 0.25) is 0 Å². The van der Waals surface area contributed by atoms with E-state index in [1.165, 1.54) is 12.8 Å². The van der Waals surface area contributed by atoms with Crippen molar-refractivity contribution in [3.05, 3.63) is 0 Å². The fraction of sp³-hybridized carbons (Fsp3) is 0.923. The smallest absolute Gasteiger partial charge is 0.310 e. The van der Waals surface area contributed by atoms with Crippen molar-refractivity contribution < 1.29 is 9.90 Å². The van der Waals surface area contributed by atoms with Crippen molar-refractivity contribution in [3.63, 3.8) is 0 Å². The van der Waals surface area contributed by atoms with Crippen LogP contribution in [0.25, 0.3) is 0 Å². The van der Waals surface area contributed by atoms with Crippen LogP contribution in [0.3, 0.4) is 0 Å². The first-order valence-electron chi connectivity index (χ1n) is 6.43. The topological polar surface area (TPSA) is 40.5 Å². The minimum atomic E-state index is -0.663. The van der Waals surface area contributed by atoms with Gasteiger partial charge in [-0.1, -0.05) is 13.8 Å². The van der Waals surface area contributed by atoms with Gasteiger partial charge in [0.15, 0.2) is 0 Å². The maximum Gasteiger partial charge on any atom is 0.310 e. The highest BCUT2D eigenvalue weighted by atomic mass is 16.4. The molecule has 94 valence electrons. The van der Waals surface area contributed by atoms with Crippen molar-refractivity contribution in [2.45, 2.75) is 65.5 Å². The fourth-order valence-corrected chi connectivity index (χ4v) is 2.58. The van der Waals surface area contributed by atoms with Gasteiger partial charge in [0.1, 0.15) is 0 Å². The average molecular weight is 227 g/mol. The summed E-state index contributed by atoms with van der Waals surface area (Å²) in [6, 6.07) is 1.12. The van der Waals surface area contributed by atoms with Crippen molar-refractivity contribution >= 4 is 5.97 Å². The van der Waals surface area contributed by atoms with Gasteiger partial charge in [-0.3, -0.25) is 9.69 Å². The first kappa shape index (κ1) is 13.5. The van der Waals surface area contributed by atoms with Crippen LogP contribution in [0.5, 0.6) is 0 Å². The quantitative estimate of drug-likeness (QED) is 0.785. The Morgan fingerprint density at radius 1 is 1.44 bits per heavy atom. The third-order valence-corrected chi connectivity index (χ3v) is 4.25. The van der Waals surface area contributed by atoms with E-state index in [0.717, 1.165) is 6.42 Å². The molecule has 1 saturated heterocycles. The second-order valence-corrected chi connectivity index (χ2v) is 5.38. The number of carboxylic acids is 1. The zero-order valence-electron chi connectivity index (χ0n) is 11.0. The number of hydrogen-bond donors (Lipinski definition) is 1. The SMILES string of the molecule is CCC1CCC(C)N1CC(C)(CC)C(=O)O. The molecule has 3 heteroatoms. The maximum absolute atomic E-state index is 11.3. The zero-order valence-corrected chi connectivity index (χ0v) is 11.0. The molecule has 0 aromatic carbocycles. The van der Waals surface area contributed by atoms with Crippen LogP contribution in [0.4, 0.5) is 0 Å².